The molecule has 0 N–H and O–H groups in total. The summed E-state index contributed by atoms with van der Waals surface area (Å²) < 4.78 is 6.41. The molecule has 2 rings (SSSR count). The van der Waals surface area contributed by atoms with Gasteiger partial charge >= 0.3 is 5.97 Å². The highest BCUT2D eigenvalue weighted by atomic mass is 16.5. The summed E-state index contributed by atoms with van der Waals surface area (Å²) in [6.07, 6.45) is 3.04. The highest BCUT2D eigenvalue weighted by molar-refractivity contribution is 5.89. The topological polar surface area (TPSA) is 63.9 Å². The Labute approximate surface area is 110 Å². The second-order valence-electron chi connectivity index (χ2n) is 4.09. The number of aryl methyl sites for hydroxylation is 1. The van der Waals surface area contributed by atoms with Crippen molar-refractivity contribution >= 4 is 23.8 Å². The first kappa shape index (κ1) is 13.1. The Morgan fingerprint density at radius 2 is 2.26 bits per heavy atom. The molecule has 0 aromatic carbocycles. The predicted molar refractivity (Wildman–Crippen MR) is 70.4 cm³/mol. The average Bonchev–Trinajstić information content (AvgIpc) is 2.82. The average molecular weight is 261 g/mol. The van der Waals surface area contributed by atoms with Crippen LogP contribution in [0.3, 0.4) is 0 Å². The molecule has 2 aromatic heterocycles. The minimum Gasteiger partial charge on any atom is -0.465 e. The SMILES string of the molecule is CCc1nc2ccc(C(=O)OC)cn2c1N(C)C=O. The summed E-state index contributed by atoms with van der Waals surface area (Å²) in [6.45, 7) is 1.96. The van der Waals surface area contributed by atoms with Gasteiger partial charge in [-0.3, -0.25) is 9.20 Å². The zero-order valence-corrected chi connectivity index (χ0v) is 11.1. The number of rotatable bonds is 4. The number of carbonyl (C=O) groups is 2. The molecule has 2 aromatic rings. The molecule has 0 atom stereocenters. The van der Waals surface area contributed by atoms with Gasteiger partial charge in [-0.25, -0.2) is 9.78 Å². The van der Waals surface area contributed by atoms with E-state index in [1.54, 1.807) is 29.8 Å². The predicted octanol–water partition coefficient (Wildman–Crippen LogP) is 1.28. The normalized spacial score (nSPS) is 10.5. The van der Waals surface area contributed by atoms with Crippen molar-refractivity contribution in [2.75, 3.05) is 19.1 Å². The highest BCUT2D eigenvalue weighted by Crippen LogP contribution is 2.22. The van der Waals surface area contributed by atoms with Crippen LogP contribution < -0.4 is 4.90 Å². The van der Waals surface area contributed by atoms with Crippen LogP contribution in [0.15, 0.2) is 18.3 Å². The second-order valence-corrected chi connectivity index (χ2v) is 4.09. The molecule has 1 amide bonds. The van der Waals surface area contributed by atoms with Crippen molar-refractivity contribution in [2.45, 2.75) is 13.3 Å². The van der Waals surface area contributed by atoms with Gasteiger partial charge in [-0.1, -0.05) is 6.92 Å². The first-order valence-corrected chi connectivity index (χ1v) is 5.89. The van der Waals surface area contributed by atoms with Gasteiger partial charge in [0, 0.05) is 13.2 Å². The molecule has 100 valence electrons. The van der Waals surface area contributed by atoms with Crippen LogP contribution in [0, 0.1) is 0 Å². The van der Waals surface area contributed by atoms with E-state index in [0.717, 1.165) is 5.69 Å². The summed E-state index contributed by atoms with van der Waals surface area (Å²) in [6, 6.07) is 3.38. The molecular formula is C13H15N3O3. The number of esters is 1. The number of nitrogens with zero attached hydrogens (tertiary/aromatic N) is 3. The maximum Gasteiger partial charge on any atom is 0.339 e. The molecule has 0 saturated heterocycles. The third-order valence-electron chi connectivity index (χ3n) is 2.91. The van der Waals surface area contributed by atoms with E-state index in [1.165, 1.54) is 12.0 Å². The van der Waals surface area contributed by atoms with Gasteiger partial charge in [0.2, 0.25) is 6.41 Å². The van der Waals surface area contributed by atoms with Crippen molar-refractivity contribution in [3.05, 3.63) is 29.6 Å². The van der Waals surface area contributed by atoms with Gasteiger partial charge in [0.25, 0.3) is 0 Å². The van der Waals surface area contributed by atoms with Gasteiger partial charge < -0.3 is 9.64 Å². The third-order valence-corrected chi connectivity index (χ3v) is 2.91. The fourth-order valence-corrected chi connectivity index (χ4v) is 1.98. The summed E-state index contributed by atoms with van der Waals surface area (Å²) >= 11 is 0. The maximum atomic E-state index is 11.5. The van der Waals surface area contributed by atoms with E-state index in [4.69, 9.17) is 0 Å². The van der Waals surface area contributed by atoms with Crippen LogP contribution >= 0.6 is 0 Å². The molecule has 0 saturated carbocycles. The molecule has 0 aliphatic carbocycles. The Hall–Kier alpha value is -2.37. The van der Waals surface area contributed by atoms with Gasteiger partial charge in [0.15, 0.2) is 0 Å². The maximum absolute atomic E-state index is 11.5. The third kappa shape index (κ3) is 2.16. The number of hydrogen-bond donors (Lipinski definition) is 0. The van der Waals surface area contributed by atoms with E-state index in [0.29, 0.717) is 29.9 Å². The van der Waals surface area contributed by atoms with Crippen LogP contribution in [0.25, 0.3) is 5.65 Å². The lowest BCUT2D eigenvalue weighted by molar-refractivity contribution is -0.107. The zero-order valence-electron chi connectivity index (χ0n) is 11.1. The van der Waals surface area contributed by atoms with Crippen LogP contribution in [0.2, 0.25) is 0 Å². The summed E-state index contributed by atoms with van der Waals surface area (Å²) in [7, 11) is 2.98. The van der Waals surface area contributed by atoms with Gasteiger partial charge in [0.1, 0.15) is 11.5 Å². The lowest BCUT2D eigenvalue weighted by Crippen LogP contribution is -2.17. The minimum absolute atomic E-state index is 0.413. The lowest BCUT2D eigenvalue weighted by atomic mass is 10.3. The summed E-state index contributed by atoms with van der Waals surface area (Å²) in [5.41, 5.74) is 1.90. The number of fused-ring (bicyclic) bond motifs is 1. The number of ether oxygens (including phenoxy) is 1. The Morgan fingerprint density at radius 3 is 2.84 bits per heavy atom. The van der Waals surface area contributed by atoms with Crippen LogP contribution in [0.1, 0.15) is 23.0 Å². The standard InChI is InChI=1S/C13H15N3O3/c1-4-10-12(15(2)8-17)16-7-9(13(18)19-3)5-6-11(16)14-10/h5-8H,4H2,1-3H3. The summed E-state index contributed by atoms with van der Waals surface area (Å²) in [5.74, 6) is 0.242. The number of pyridine rings is 1. The molecule has 0 spiro atoms. The highest BCUT2D eigenvalue weighted by Gasteiger charge is 2.16. The number of methoxy groups -OCH3 is 1. The number of imidazole rings is 1. The van der Waals surface area contributed by atoms with Crippen molar-refractivity contribution in [2.24, 2.45) is 0 Å². The van der Waals surface area contributed by atoms with Crippen LogP contribution in [0.4, 0.5) is 5.82 Å². The van der Waals surface area contributed by atoms with Crippen molar-refractivity contribution in [1.82, 2.24) is 9.38 Å². The Balaban J connectivity index is 2.68. The van der Waals surface area contributed by atoms with E-state index in [9.17, 15) is 9.59 Å². The smallest absolute Gasteiger partial charge is 0.339 e. The van der Waals surface area contributed by atoms with Gasteiger partial charge in [-0.15, -0.1) is 0 Å². The molecule has 19 heavy (non-hydrogen) atoms. The first-order valence-electron chi connectivity index (χ1n) is 5.89. The Bertz CT molecular complexity index is 633. The van der Waals surface area contributed by atoms with Crippen molar-refractivity contribution in [1.29, 1.82) is 0 Å². The van der Waals surface area contributed by atoms with Gasteiger partial charge in [0.05, 0.1) is 18.4 Å². The Morgan fingerprint density at radius 1 is 1.53 bits per heavy atom. The van der Waals surface area contributed by atoms with Gasteiger partial charge in [-0.2, -0.15) is 0 Å². The first-order chi connectivity index (χ1) is 9.12. The van der Waals surface area contributed by atoms with Gasteiger partial charge in [-0.05, 0) is 18.6 Å². The number of amides is 1. The molecule has 6 heteroatoms. The van der Waals surface area contributed by atoms with E-state index in [-0.39, 0.29) is 0 Å². The molecule has 0 aliphatic rings. The largest absolute Gasteiger partial charge is 0.465 e. The minimum atomic E-state index is -0.423. The van der Waals surface area contributed by atoms with E-state index < -0.39 is 5.97 Å². The van der Waals surface area contributed by atoms with Crippen molar-refractivity contribution < 1.29 is 14.3 Å². The number of carbonyl (C=O) groups excluding carboxylic acids is 2. The number of aromatic nitrogens is 2. The fraction of sp³-hybridized carbons (Fsp3) is 0.308. The van der Waals surface area contributed by atoms with E-state index in [1.807, 2.05) is 6.92 Å². The zero-order chi connectivity index (χ0) is 14.0. The monoisotopic (exact) mass is 261 g/mol. The van der Waals surface area contributed by atoms with Crippen LogP contribution in [-0.4, -0.2) is 35.9 Å². The quantitative estimate of drug-likeness (QED) is 0.614. The Kier molecular flexibility index (Phi) is 3.50. The van der Waals surface area contributed by atoms with Crippen molar-refractivity contribution in [3.63, 3.8) is 0 Å². The van der Waals surface area contributed by atoms with Crippen LogP contribution in [0.5, 0.6) is 0 Å². The molecule has 0 aliphatic heterocycles. The fourth-order valence-electron chi connectivity index (χ4n) is 1.98. The molecule has 0 radical (unpaired) electrons. The molecular weight excluding hydrogens is 246 g/mol. The van der Waals surface area contributed by atoms with Crippen molar-refractivity contribution in [3.8, 4) is 0 Å². The van der Waals surface area contributed by atoms with Crippen LogP contribution in [-0.2, 0) is 16.0 Å². The van der Waals surface area contributed by atoms with E-state index >= 15 is 0 Å². The summed E-state index contributed by atoms with van der Waals surface area (Å²) in [4.78, 5) is 28.4. The lowest BCUT2D eigenvalue weighted by Gasteiger charge is -2.12. The number of hydrogen-bond acceptors (Lipinski definition) is 4. The molecule has 0 fully saturated rings. The molecule has 6 nitrogen and oxygen atoms in total. The molecule has 0 bridgehead atoms. The molecule has 0 unspecified atom stereocenters. The summed E-state index contributed by atoms with van der Waals surface area (Å²) in [5, 5.41) is 0. The second kappa shape index (κ2) is 5.09. The number of anilines is 1. The molecule has 2 heterocycles. The van der Waals surface area contributed by atoms with E-state index in [2.05, 4.69) is 9.72 Å².